The van der Waals surface area contributed by atoms with E-state index in [1.54, 1.807) is 7.11 Å². The van der Waals surface area contributed by atoms with Crippen molar-refractivity contribution in [1.29, 1.82) is 0 Å². The zero-order chi connectivity index (χ0) is 22.5. The highest BCUT2D eigenvalue weighted by molar-refractivity contribution is 6.31. The molecule has 1 heterocycles. The van der Waals surface area contributed by atoms with E-state index >= 15 is 0 Å². The highest BCUT2D eigenvalue weighted by Crippen LogP contribution is 2.34. The average molecular weight is 461 g/mol. The number of ether oxygens (including phenoxy) is 3. The Morgan fingerprint density at radius 3 is 2.41 bits per heavy atom. The Kier molecular flexibility index (Phi) is 8.08. The Labute approximate surface area is 195 Å². The predicted octanol–water partition coefficient (Wildman–Crippen LogP) is 4.84. The molecule has 0 radical (unpaired) electrons. The molecule has 1 unspecified atom stereocenters. The zero-order valence-corrected chi connectivity index (χ0v) is 19.3. The molecule has 5 nitrogen and oxygen atoms in total. The van der Waals surface area contributed by atoms with E-state index in [9.17, 15) is 10.2 Å². The van der Waals surface area contributed by atoms with Gasteiger partial charge in [-0.05, 0) is 67.0 Å². The fraction of sp³-hybridized carbons (Fsp3) is 0.538. The molecule has 1 aliphatic carbocycles. The van der Waals surface area contributed by atoms with Crippen molar-refractivity contribution in [2.24, 2.45) is 0 Å². The highest BCUT2D eigenvalue weighted by atomic mass is 35.5. The topological polar surface area (TPSA) is 68.2 Å². The number of hydrogen-bond donors (Lipinski definition) is 2. The maximum atomic E-state index is 10.1. The molecule has 2 N–H and O–H groups in total. The molecule has 4 rings (SSSR count). The quantitative estimate of drug-likeness (QED) is 0.618. The summed E-state index contributed by atoms with van der Waals surface area (Å²) in [6, 6.07) is 14.1. The molecule has 0 amide bonds. The fourth-order valence-electron chi connectivity index (χ4n) is 4.74. The first-order valence-electron chi connectivity index (χ1n) is 11.5. The van der Waals surface area contributed by atoms with Gasteiger partial charge < -0.3 is 24.4 Å². The van der Waals surface area contributed by atoms with Gasteiger partial charge in [-0.1, -0.05) is 35.9 Å². The van der Waals surface area contributed by atoms with Crippen molar-refractivity contribution in [2.45, 2.75) is 75.5 Å². The summed E-state index contributed by atoms with van der Waals surface area (Å²) in [6.45, 7) is -0.0871. The standard InChI is InChI=1S/C26H33ClO5/c1-30-21-7-9-23(10-8-21)31-22-5-2-17(3-6-22)12-19-13-18(4-11-25(19)27)26-15-20(29)14-24(16-28)32-26/h2-6,11,13,20-21,23-24,26,28-29H,7-10,12,14-16H2,1H3/t20?,21?,23?,24-,26+/m0/s1. The Morgan fingerprint density at radius 1 is 1.00 bits per heavy atom. The molecule has 3 atom stereocenters. The van der Waals surface area contributed by atoms with E-state index in [0.29, 0.717) is 30.4 Å². The van der Waals surface area contributed by atoms with Gasteiger partial charge in [0.15, 0.2) is 0 Å². The lowest BCUT2D eigenvalue weighted by molar-refractivity contribution is -0.113. The lowest BCUT2D eigenvalue weighted by Gasteiger charge is -2.32. The Hall–Kier alpha value is -1.63. The van der Waals surface area contributed by atoms with E-state index in [1.165, 1.54) is 0 Å². The van der Waals surface area contributed by atoms with Crippen LogP contribution in [-0.2, 0) is 15.9 Å². The SMILES string of the molecule is COC1CCC(Oc2ccc(Cc3cc([C@H]4CC(O)C[C@@H](CO)O4)ccc3Cl)cc2)CC1. The van der Waals surface area contributed by atoms with E-state index in [0.717, 1.165) is 48.1 Å². The molecular weight excluding hydrogens is 428 g/mol. The minimum atomic E-state index is -0.470. The fourth-order valence-corrected chi connectivity index (χ4v) is 4.92. The summed E-state index contributed by atoms with van der Waals surface area (Å²) in [5.74, 6) is 0.897. The number of rotatable bonds is 7. The lowest BCUT2D eigenvalue weighted by Crippen LogP contribution is -2.33. The molecule has 0 aromatic heterocycles. The van der Waals surface area contributed by atoms with Crippen molar-refractivity contribution in [2.75, 3.05) is 13.7 Å². The van der Waals surface area contributed by atoms with Gasteiger partial charge in [-0.25, -0.2) is 0 Å². The lowest BCUT2D eigenvalue weighted by atomic mass is 9.94. The third kappa shape index (κ3) is 6.03. The molecule has 2 aromatic carbocycles. The van der Waals surface area contributed by atoms with Crippen LogP contribution in [0.4, 0.5) is 0 Å². The number of halogens is 1. The van der Waals surface area contributed by atoms with Crippen LogP contribution in [0.1, 0.15) is 61.3 Å². The van der Waals surface area contributed by atoms with Crippen LogP contribution in [0.25, 0.3) is 0 Å². The van der Waals surface area contributed by atoms with Gasteiger partial charge in [0.2, 0.25) is 0 Å². The summed E-state index contributed by atoms with van der Waals surface area (Å²) in [5.41, 5.74) is 3.14. The molecule has 32 heavy (non-hydrogen) atoms. The molecule has 1 saturated carbocycles. The first-order chi connectivity index (χ1) is 15.5. The Morgan fingerprint density at radius 2 is 1.72 bits per heavy atom. The molecule has 2 aliphatic rings. The second kappa shape index (κ2) is 11.0. The van der Waals surface area contributed by atoms with Gasteiger partial charge in [-0.15, -0.1) is 0 Å². The second-order valence-corrected chi connectivity index (χ2v) is 9.39. The van der Waals surface area contributed by atoms with Crippen LogP contribution in [0.2, 0.25) is 5.02 Å². The van der Waals surface area contributed by atoms with Crippen molar-refractivity contribution in [3.8, 4) is 5.75 Å². The maximum absolute atomic E-state index is 10.1. The molecule has 0 spiro atoms. The summed E-state index contributed by atoms with van der Waals surface area (Å²) in [5, 5.41) is 20.3. The first-order valence-corrected chi connectivity index (χ1v) is 11.9. The van der Waals surface area contributed by atoms with E-state index in [4.69, 9.17) is 25.8 Å². The molecule has 6 heteroatoms. The largest absolute Gasteiger partial charge is 0.490 e. The highest BCUT2D eigenvalue weighted by Gasteiger charge is 2.29. The van der Waals surface area contributed by atoms with Crippen LogP contribution in [0.15, 0.2) is 42.5 Å². The normalized spacial score (nSPS) is 28.4. The van der Waals surface area contributed by atoms with E-state index < -0.39 is 6.10 Å². The monoisotopic (exact) mass is 460 g/mol. The van der Waals surface area contributed by atoms with Crippen LogP contribution in [0.3, 0.4) is 0 Å². The molecule has 1 aliphatic heterocycles. The molecule has 174 valence electrons. The number of methoxy groups -OCH3 is 1. The van der Waals surface area contributed by atoms with Crippen molar-refractivity contribution < 1.29 is 24.4 Å². The van der Waals surface area contributed by atoms with Gasteiger partial charge >= 0.3 is 0 Å². The molecular formula is C26H33ClO5. The van der Waals surface area contributed by atoms with Gasteiger partial charge in [-0.2, -0.15) is 0 Å². The van der Waals surface area contributed by atoms with E-state index in [2.05, 4.69) is 18.2 Å². The van der Waals surface area contributed by atoms with Gasteiger partial charge in [0.25, 0.3) is 0 Å². The summed E-state index contributed by atoms with van der Waals surface area (Å²) in [7, 11) is 1.78. The third-order valence-electron chi connectivity index (χ3n) is 6.60. The smallest absolute Gasteiger partial charge is 0.119 e. The number of aliphatic hydroxyl groups excluding tert-OH is 2. The van der Waals surface area contributed by atoms with Crippen molar-refractivity contribution in [3.63, 3.8) is 0 Å². The number of benzene rings is 2. The average Bonchev–Trinajstić information content (AvgIpc) is 2.81. The van der Waals surface area contributed by atoms with Gasteiger partial charge in [-0.3, -0.25) is 0 Å². The Balaban J connectivity index is 1.39. The van der Waals surface area contributed by atoms with Crippen LogP contribution in [0.5, 0.6) is 5.75 Å². The summed E-state index contributed by atoms with van der Waals surface area (Å²) in [4.78, 5) is 0. The minimum absolute atomic E-state index is 0.0871. The molecule has 2 aromatic rings. The van der Waals surface area contributed by atoms with Crippen molar-refractivity contribution >= 4 is 11.6 Å². The van der Waals surface area contributed by atoms with Crippen LogP contribution >= 0.6 is 11.6 Å². The van der Waals surface area contributed by atoms with Gasteiger partial charge in [0.1, 0.15) is 5.75 Å². The number of hydrogen-bond acceptors (Lipinski definition) is 5. The molecule has 1 saturated heterocycles. The molecule has 0 bridgehead atoms. The Bertz CT molecular complexity index is 863. The number of aliphatic hydroxyl groups is 2. The van der Waals surface area contributed by atoms with E-state index in [-0.39, 0.29) is 24.9 Å². The van der Waals surface area contributed by atoms with Crippen molar-refractivity contribution in [1.82, 2.24) is 0 Å². The molecule has 2 fully saturated rings. The zero-order valence-electron chi connectivity index (χ0n) is 18.6. The second-order valence-electron chi connectivity index (χ2n) is 8.98. The van der Waals surface area contributed by atoms with Crippen LogP contribution in [-0.4, -0.2) is 48.3 Å². The third-order valence-corrected chi connectivity index (χ3v) is 6.97. The minimum Gasteiger partial charge on any atom is -0.490 e. The maximum Gasteiger partial charge on any atom is 0.119 e. The van der Waals surface area contributed by atoms with Gasteiger partial charge in [0, 0.05) is 25.0 Å². The van der Waals surface area contributed by atoms with Crippen LogP contribution < -0.4 is 4.74 Å². The predicted molar refractivity (Wildman–Crippen MR) is 124 cm³/mol. The van der Waals surface area contributed by atoms with Crippen LogP contribution in [0, 0.1) is 0 Å². The first kappa shape index (κ1) is 23.5. The summed E-state index contributed by atoms with van der Waals surface area (Å²) < 4.78 is 17.6. The summed E-state index contributed by atoms with van der Waals surface area (Å²) in [6.07, 6.45) is 5.43. The van der Waals surface area contributed by atoms with E-state index in [1.807, 2.05) is 24.3 Å². The van der Waals surface area contributed by atoms with Gasteiger partial charge in [0.05, 0.1) is 37.1 Å². The summed E-state index contributed by atoms with van der Waals surface area (Å²) >= 11 is 6.49. The van der Waals surface area contributed by atoms with Crippen molar-refractivity contribution in [3.05, 3.63) is 64.2 Å².